The normalized spacial score (nSPS) is 11.0. The smallest absolute Gasteiger partial charge is 0.305 e. The lowest BCUT2D eigenvalue weighted by atomic mass is 10.0. The molecule has 0 rings (SSSR count). The zero-order valence-electron chi connectivity index (χ0n) is 23.0. The molecule has 0 spiro atoms. The molecule has 0 unspecified atom stereocenters. The van der Waals surface area contributed by atoms with Crippen molar-refractivity contribution in [3.63, 3.8) is 0 Å². The highest BCUT2D eigenvalue weighted by Crippen LogP contribution is 2.14. The third-order valence-corrected chi connectivity index (χ3v) is 6.53. The maximum absolute atomic E-state index is 11.8. The first-order chi connectivity index (χ1) is 16.7. The molecule has 0 aliphatic carbocycles. The Morgan fingerprint density at radius 3 is 0.941 bits per heavy atom. The van der Waals surface area contributed by atoms with Crippen molar-refractivity contribution < 1.29 is 19.1 Å². The van der Waals surface area contributed by atoms with Crippen LogP contribution < -0.4 is 0 Å². The number of carbonyl (C=O) groups is 2. The van der Waals surface area contributed by atoms with Crippen molar-refractivity contribution in [1.82, 2.24) is 0 Å². The number of ether oxygens (including phenoxy) is 2. The van der Waals surface area contributed by atoms with Gasteiger partial charge in [0.05, 0.1) is 13.2 Å². The second-order valence-corrected chi connectivity index (χ2v) is 10.0. The Morgan fingerprint density at radius 2 is 0.647 bits per heavy atom. The first-order valence-electron chi connectivity index (χ1n) is 15.0. The van der Waals surface area contributed by atoms with Gasteiger partial charge in [-0.15, -0.1) is 0 Å². The highest BCUT2D eigenvalue weighted by molar-refractivity contribution is 5.72. The molecule has 0 heterocycles. The molecule has 0 aromatic rings. The molecule has 34 heavy (non-hydrogen) atoms. The molecular formula is C30H58O4. The van der Waals surface area contributed by atoms with E-state index in [4.69, 9.17) is 9.47 Å². The van der Waals surface area contributed by atoms with E-state index in [-0.39, 0.29) is 11.9 Å². The lowest BCUT2D eigenvalue weighted by molar-refractivity contribution is -0.145. The Hall–Kier alpha value is -1.06. The molecule has 0 aromatic carbocycles. The van der Waals surface area contributed by atoms with Gasteiger partial charge in [-0.3, -0.25) is 9.59 Å². The molecule has 4 nitrogen and oxygen atoms in total. The number of rotatable bonds is 27. The van der Waals surface area contributed by atoms with Gasteiger partial charge >= 0.3 is 11.9 Å². The molecule has 0 N–H and O–H groups in total. The van der Waals surface area contributed by atoms with Crippen LogP contribution in [0, 0.1) is 0 Å². The van der Waals surface area contributed by atoms with Crippen LogP contribution in [0.1, 0.15) is 168 Å². The summed E-state index contributed by atoms with van der Waals surface area (Å²) in [6, 6.07) is 0. The van der Waals surface area contributed by atoms with E-state index in [1.807, 2.05) is 0 Å². The largest absolute Gasteiger partial charge is 0.466 e. The van der Waals surface area contributed by atoms with Crippen LogP contribution in [-0.4, -0.2) is 25.2 Å². The first kappa shape index (κ1) is 32.9. The number of esters is 2. The lowest BCUT2D eigenvalue weighted by Gasteiger charge is -2.06. The van der Waals surface area contributed by atoms with Gasteiger partial charge in [0.25, 0.3) is 0 Å². The van der Waals surface area contributed by atoms with E-state index in [1.54, 1.807) is 0 Å². The quantitative estimate of drug-likeness (QED) is 0.0864. The van der Waals surface area contributed by atoms with Crippen molar-refractivity contribution in [2.45, 2.75) is 168 Å². The minimum atomic E-state index is -0.193. The summed E-state index contributed by atoms with van der Waals surface area (Å²) in [4.78, 5) is 23.4. The Balaban J connectivity index is 3.24. The molecule has 0 saturated carbocycles. The van der Waals surface area contributed by atoms with E-state index in [0.29, 0.717) is 32.5 Å². The van der Waals surface area contributed by atoms with E-state index in [2.05, 4.69) is 13.8 Å². The standard InChI is InChI=1S/C30H58O4/c1-3-5-7-9-10-11-12-13-14-15-16-17-18-19-21-23-28-34-30(32)26-24-25-29(31)33-27-22-20-8-6-4-2/h3-28H2,1-2H3. The van der Waals surface area contributed by atoms with Crippen LogP contribution in [0.15, 0.2) is 0 Å². The molecule has 0 aliphatic heterocycles. The zero-order chi connectivity index (χ0) is 25.0. The third-order valence-electron chi connectivity index (χ3n) is 6.53. The fraction of sp³-hybridized carbons (Fsp3) is 0.933. The van der Waals surface area contributed by atoms with E-state index < -0.39 is 0 Å². The predicted octanol–water partition coefficient (Wildman–Crippen LogP) is 9.48. The highest BCUT2D eigenvalue weighted by atomic mass is 16.5. The Bertz CT molecular complexity index is 436. The van der Waals surface area contributed by atoms with Crippen LogP contribution in [0.3, 0.4) is 0 Å². The van der Waals surface area contributed by atoms with Crippen molar-refractivity contribution in [3.8, 4) is 0 Å². The Kier molecular flexibility index (Phi) is 27.3. The molecule has 0 aliphatic rings. The fourth-order valence-corrected chi connectivity index (χ4v) is 4.25. The summed E-state index contributed by atoms with van der Waals surface area (Å²) in [5, 5.41) is 0. The van der Waals surface area contributed by atoms with Crippen molar-refractivity contribution in [3.05, 3.63) is 0 Å². The number of hydrogen-bond acceptors (Lipinski definition) is 4. The average molecular weight is 483 g/mol. The van der Waals surface area contributed by atoms with Gasteiger partial charge in [-0.1, -0.05) is 136 Å². The van der Waals surface area contributed by atoms with Gasteiger partial charge in [-0.25, -0.2) is 0 Å². The molecule has 0 saturated heterocycles. The van der Waals surface area contributed by atoms with Gasteiger partial charge in [0.15, 0.2) is 0 Å². The van der Waals surface area contributed by atoms with Gasteiger partial charge in [0.1, 0.15) is 0 Å². The summed E-state index contributed by atoms with van der Waals surface area (Å²) in [6.45, 7) is 5.48. The molecule has 202 valence electrons. The van der Waals surface area contributed by atoms with Crippen molar-refractivity contribution in [1.29, 1.82) is 0 Å². The van der Waals surface area contributed by atoms with E-state index in [1.165, 1.54) is 109 Å². The molecular weight excluding hydrogens is 424 g/mol. The van der Waals surface area contributed by atoms with E-state index in [0.717, 1.165) is 25.7 Å². The van der Waals surface area contributed by atoms with Gasteiger partial charge in [-0.05, 0) is 19.3 Å². The Morgan fingerprint density at radius 1 is 0.382 bits per heavy atom. The summed E-state index contributed by atoms with van der Waals surface area (Å²) < 4.78 is 10.5. The number of carbonyl (C=O) groups excluding carboxylic acids is 2. The SMILES string of the molecule is CCCCCCCCCCCCCCCCCCOC(=O)CCCC(=O)OCCCCCCC. The van der Waals surface area contributed by atoms with Crippen LogP contribution in [0.2, 0.25) is 0 Å². The molecule has 0 bridgehead atoms. The van der Waals surface area contributed by atoms with E-state index >= 15 is 0 Å². The average Bonchev–Trinajstić information content (AvgIpc) is 2.83. The van der Waals surface area contributed by atoms with Crippen LogP contribution in [-0.2, 0) is 19.1 Å². The highest BCUT2D eigenvalue weighted by Gasteiger charge is 2.07. The predicted molar refractivity (Wildman–Crippen MR) is 144 cm³/mol. The van der Waals surface area contributed by atoms with Crippen molar-refractivity contribution >= 4 is 11.9 Å². The second kappa shape index (κ2) is 28.2. The third kappa shape index (κ3) is 27.2. The minimum absolute atomic E-state index is 0.187. The maximum atomic E-state index is 11.8. The fourth-order valence-electron chi connectivity index (χ4n) is 4.25. The Labute approximate surface area is 212 Å². The minimum Gasteiger partial charge on any atom is -0.466 e. The summed E-state index contributed by atoms with van der Waals surface area (Å²) in [6.07, 6.45) is 28.3. The van der Waals surface area contributed by atoms with Gasteiger partial charge in [0, 0.05) is 12.8 Å². The number of hydrogen-bond donors (Lipinski definition) is 0. The maximum Gasteiger partial charge on any atom is 0.305 e. The number of unbranched alkanes of at least 4 members (excludes halogenated alkanes) is 19. The summed E-state index contributed by atoms with van der Waals surface area (Å²) in [5.41, 5.74) is 0. The molecule has 0 fully saturated rings. The monoisotopic (exact) mass is 482 g/mol. The van der Waals surface area contributed by atoms with E-state index in [9.17, 15) is 9.59 Å². The summed E-state index contributed by atoms with van der Waals surface area (Å²) in [5.74, 6) is -0.380. The summed E-state index contributed by atoms with van der Waals surface area (Å²) in [7, 11) is 0. The van der Waals surface area contributed by atoms with Crippen LogP contribution in [0.5, 0.6) is 0 Å². The van der Waals surface area contributed by atoms with Crippen molar-refractivity contribution in [2.75, 3.05) is 13.2 Å². The molecule has 0 atom stereocenters. The van der Waals surface area contributed by atoms with Crippen LogP contribution >= 0.6 is 0 Å². The van der Waals surface area contributed by atoms with Gasteiger partial charge in [0.2, 0.25) is 0 Å². The lowest BCUT2D eigenvalue weighted by Crippen LogP contribution is -2.09. The van der Waals surface area contributed by atoms with Gasteiger partial charge in [-0.2, -0.15) is 0 Å². The van der Waals surface area contributed by atoms with Gasteiger partial charge < -0.3 is 9.47 Å². The molecule has 4 heteroatoms. The molecule has 0 radical (unpaired) electrons. The molecule has 0 amide bonds. The first-order valence-corrected chi connectivity index (χ1v) is 15.0. The zero-order valence-corrected chi connectivity index (χ0v) is 23.0. The van der Waals surface area contributed by atoms with Crippen LogP contribution in [0.25, 0.3) is 0 Å². The molecule has 0 aromatic heterocycles. The van der Waals surface area contributed by atoms with Crippen LogP contribution in [0.4, 0.5) is 0 Å². The summed E-state index contributed by atoms with van der Waals surface area (Å²) >= 11 is 0. The second-order valence-electron chi connectivity index (χ2n) is 10.0. The topological polar surface area (TPSA) is 52.6 Å². The van der Waals surface area contributed by atoms with Crippen molar-refractivity contribution in [2.24, 2.45) is 0 Å².